The molecule has 3 atom stereocenters. The highest BCUT2D eigenvalue weighted by atomic mass is 16.5. The largest absolute Gasteiger partial charge is 0.481 e. The van der Waals surface area contributed by atoms with Gasteiger partial charge in [-0.2, -0.15) is 0 Å². The fourth-order valence-electron chi connectivity index (χ4n) is 5.39. The van der Waals surface area contributed by atoms with Crippen molar-refractivity contribution in [3.63, 3.8) is 0 Å². The first kappa shape index (κ1) is 18.5. The Balaban J connectivity index is 1.44. The van der Waals surface area contributed by atoms with Crippen molar-refractivity contribution >= 4 is 11.9 Å². The number of aliphatic carboxylic acids is 1. The number of carbonyl (C=O) groups is 2. The van der Waals surface area contributed by atoms with E-state index in [2.05, 4.69) is 25.1 Å². The number of ether oxygens (including phenoxy) is 1. The normalized spacial score (nSPS) is 31.5. The van der Waals surface area contributed by atoms with Crippen molar-refractivity contribution in [2.45, 2.75) is 57.0 Å². The van der Waals surface area contributed by atoms with Gasteiger partial charge in [-0.1, -0.05) is 24.3 Å². The molecule has 2 saturated heterocycles. The van der Waals surface area contributed by atoms with E-state index in [0.717, 1.165) is 32.1 Å². The molecule has 0 spiro atoms. The van der Waals surface area contributed by atoms with Gasteiger partial charge in [0, 0.05) is 19.7 Å². The number of carboxylic acid groups (broad SMARTS) is 1. The van der Waals surface area contributed by atoms with Gasteiger partial charge >= 0.3 is 5.97 Å². The van der Waals surface area contributed by atoms with Gasteiger partial charge in [0.05, 0.1) is 17.4 Å². The molecule has 2 unspecified atom stereocenters. The Morgan fingerprint density at radius 3 is 2.67 bits per heavy atom. The molecule has 27 heavy (non-hydrogen) atoms. The predicted octanol–water partition coefficient (Wildman–Crippen LogP) is 3.01. The summed E-state index contributed by atoms with van der Waals surface area (Å²) < 4.78 is 5.76. The second-order valence-corrected chi connectivity index (χ2v) is 8.54. The van der Waals surface area contributed by atoms with Gasteiger partial charge in [0.1, 0.15) is 0 Å². The number of carboxylic acids is 1. The summed E-state index contributed by atoms with van der Waals surface area (Å²) in [4.78, 5) is 26.9. The quantitative estimate of drug-likeness (QED) is 0.887. The molecule has 3 aliphatic rings. The topological polar surface area (TPSA) is 66.8 Å². The number of carbonyl (C=O) groups excluding carboxylic acids is 1. The molecular formula is C22H29NO4. The smallest absolute Gasteiger partial charge is 0.309 e. The lowest BCUT2D eigenvalue weighted by molar-refractivity contribution is -0.146. The van der Waals surface area contributed by atoms with Gasteiger partial charge in [-0.05, 0) is 62.5 Å². The lowest BCUT2D eigenvalue weighted by Gasteiger charge is -2.42. The van der Waals surface area contributed by atoms with Gasteiger partial charge in [-0.3, -0.25) is 9.59 Å². The van der Waals surface area contributed by atoms with Gasteiger partial charge in [0.2, 0.25) is 5.91 Å². The minimum absolute atomic E-state index is 0.189. The maximum Gasteiger partial charge on any atom is 0.309 e. The van der Waals surface area contributed by atoms with Crippen LogP contribution < -0.4 is 0 Å². The van der Waals surface area contributed by atoms with Crippen LogP contribution in [0.5, 0.6) is 0 Å². The number of benzene rings is 1. The number of rotatable bonds is 3. The molecule has 1 aliphatic carbocycles. The van der Waals surface area contributed by atoms with Gasteiger partial charge in [0.25, 0.3) is 0 Å². The summed E-state index contributed by atoms with van der Waals surface area (Å²) in [6.45, 7) is 4.04. The van der Waals surface area contributed by atoms with Gasteiger partial charge in [0.15, 0.2) is 0 Å². The third-order valence-corrected chi connectivity index (χ3v) is 6.95. The van der Waals surface area contributed by atoms with Crippen molar-refractivity contribution in [2.24, 2.45) is 11.8 Å². The van der Waals surface area contributed by atoms with Gasteiger partial charge in [-0.25, -0.2) is 0 Å². The van der Waals surface area contributed by atoms with E-state index in [1.807, 2.05) is 11.0 Å². The van der Waals surface area contributed by atoms with Crippen LogP contribution in [0.4, 0.5) is 0 Å². The first-order valence-electron chi connectivity index (χ1n) is 10.2. The van der Waals surface area contributed by atoms with Crippen LogP contribution in [0, 0.1) is 11.8 Å². The molecule has 2 fully saturated rings. The third kappa shape index (κ3) is 3.27. The van der Waals surface area contributed by atoms with Crippen molar-refractivity contribution < 1.29 is 19.4 Å². The third-order valence-electron chi connectivity index (χ3n) is 6.95. The van der Waals surface area contributed by atoms with Crippen molar-refractivity contribution in [3.05, 3.63) is 35.4 Å². The highest BCUT2D eigenvalue weighted by Gasteiger charge is 2.44. The molecule has 0 bridgehead atoms. The van der Waals surface area contributed by atoms with E-state index < -0.39 is 11.4 Å². The molecule has 1 amide bonds. The molecule has 1 aromatic carbocycles. The second-order valence-electron chi connectivity index (χ2n) is 8.54. The van der Waals surface area contributed by atoms with E-state index in [4.69, 9.17) is 4.74 Å². The van der Waals surface area contributed by atoms with Crippen LogP contribution in [-0.4, -0.2) is 47.7 Å². The van der Waals surface area contributed by atoms with E-state index in [1.165, 1.54) is 11.1 Å². The summed E-state index contributed by atoms with van der Waals surface area (Å²) in [5.74, 6) is -0.665. The summed E-state index contributed by atoms with van der Waals surface area (Å²) in [5, 5.41) is 9.41. The maximum absolute atomic E-state index is 13.4. The molecule has 0 aromatic heterocycles. The molecule has 5 heteroatoms. The lowest BCUT2D eigenvalue weighted by atomic mass is 9.70. The number of piperidine rings is 1. The molecule has 4 rings (SSSR count). The minimum Gasteiger partial charge on any atom is -0.481 e. The first-order chi connectivity index (χ1) is 13.0. The van der Waals surface area contributed by atoms with Crippen LogP contribution in [0.3, 0.4) is 0 Å². The SMILES string of the molecule is CC1(C(=O)N2CCC([C@@H]3OCCC3C(=O)O)CC2)CCCc2ccccc21. The second kappa shape index (κ2) is 7.27. The fourth-order valence-corrected chi connectivity index (χ4v) is 5.39. The zero-order valence-corrected chi connectivity index (χ0v) is 16.0. The zero-order chi connectivity index (χ0) is 19.0. The van der Waals surface area contributed by atoms with E-state index in [9.17, 15) is 14.7 Å². The molecule has 1 N–H and O–H groups in total. The van der Waals surface area contributed by atoms with Crippen LogP contribution in [-0.2, 0) is 26.2 Å². The van der Waals surface area contributed by atoms with Gasteiger partial charge in [-0.15, -0.1) is 0 Å². The summed E-state index contributed by atoms with van der Waals surface area (Å²) in [5.41, 5.74) is 2.06. The first-order valence-corrected chi connectivity index (χ1v) is 10.2. The molecule has 1 aromatic rings. The van der Waals surface area contributed by atoms with Crippen molar-refractivity contribution in [2.75, 3.05) is 19.7 Å². The van der Waals surface area contributed by atoms with E-state index in [0.29, 0.717) is 26.1 Å². The Labute approximate surface area is 160 Å². The minimum atomic E-state index is -0.748. The number of nitrogens with zero attached hydrogens (tertiary/aromatic N) is 1. The van der Waals surface area contributed by atoms with Crippen LogP contribution in [0.15, 0.2) is 24.3 Å². The number of amides is 1. The van der Waals surface area contributed by atoms with E-state index in [-0.39, 0.29) is 23.8 Å². The molecular weight excluding hydrogens is 342 g/mol. The summed E-state index contributed by atoms with van der Waals surface area (Å²) in [6.07, 6.45) is 5.08. The predicted molar refractivity (Wildman–Crippen MR) is 102 cm³/mol. The average molecular weight is 371 g/mol. The van der Waals surface area contributed by atoms with Crippen molar-refractivity contribution in [3.8, 4) is 0 Å². The molecule has 0 saturated carbocycles. The summed E-state index contributed by atoms with van der Waals surface area (Å²) in [6, 6.07) is 8.35. The van der Waals surface area contributed by atoms with Crippen LogP contribution in [0.25, 0.3) is 0 Å². The van der Waals surface area contributed by atoms with Gasteiger partial charge < -0.3 is 14.7 Å². The molecule has 0 radical (unpaired) electrons. The number of hydrogen-bond donors (Lipinski definition) is 1. The van der Waals surface area contributed by atoms with Crippen LogP contribution in [0.2, 0.25) is 0 Å². The summed E-state index contributed by atoms with van der Waals surface area (Å²) in [7, 11) is 0. The molecule has 2 heterocycles. The van der Waals surface area contributed by atoms with E-state index in [1.54, 1.807) is 0 Å². The Morgan fingerprint density at radius 1 is 1.19 bits per heavy atom. The van der Waals surface area contributed by atoms with Crippen molar-refractivity contribution in [1.29, 1.82) is 0 Å². The maximum atomic E-state index is 13.4. The Bertz CT molecular complexity index is 725. The highest BCUT2D eigenvalue weighted by Crippen LogP contribution is 2.40. The van der Waals surface area contributed by atoms with Crippen LogP contribution in [0.1, 0.15) is 50.2 Å². The molecule has 5 nitrogen and oxygen atoms in total. The summed E-state index contributed by atoms with van der Waals surface area (Å²) >= 11 is 0. The Morgan fingerprint density at radius 2 is 1.93 bits per heavy atom. The van der Waals surface area contributed by atoms with Crippen molar-refractivity contribution in [1.82, 2.24) is 4.90 Å². The molecule has 146 valence electrons. The Kier molecular flexibility index (Phi) is 4.97. The standard InChI is InChI=1S/C22H29NO4/c1-22(11-4-6-15-5-2-3-7-18(15)22)21(26)23-12-8-16(9-13-23)19-17(20(24)25)10-14-27-19/h2-3,5,7,16-17,19H,4,6,8-14H2,1H3,(H,24,25)/t17?,19-,22?/m0/s1. The monoisotopic (exact) mass is 371 g/mol. The van der Waals surface area contributed by atoms with Crippen LogP contribution >= 0.6 is 0 Å². The number of likely N-dealkylation sites (tertiary alicyclic amines) is 1. The molecule has 2 aliphatic heterocycles. The number of fused-ring (bicyclic) bond motifs is 1. The van der Waals surface area contributed by atoms with E-state index >= 15 is 0 Å². The average Bonchev–Trinajstić information content (AvgIpc) is 3.18. The fraction of sp³-hybridized carbons (Fsp3) is 0.636. The number of aryl methyl sites for hydroxylation is 1. The Hall–Kier alpha value is -1.88. The lowest BCUT2D eigenvalue weighted by Crippen LogP contribution is -2.51. The number of hydrogen-bond acceptors (Lipinski definition) is 3. The highest BCUT2D eigenvalue weighted by molar-refractivity contribution is 5.88. The zero-order valence-electron chi connectivity index (χ0n) is 16.0.